The summed E-state index contributed by atoms with van der Waals surface area (Å²) in [5.74, 6) is -0.583. The fourth-order valence-electron chi connectivity index (χ4n) is 2.58. The Bertz CT molecular complexity index is 1020. The molecule has 2 aromatic heterocycles. The number of rotatable bonds is 6. The van der Waals surface area contributed by atoms with Crippen LogP contribution < -0.4 is 9.47 Å². The third-order valence-electron chi connectivity index (χ3n) is 3.83. The third kappa shape index (κ3) is 4.82. The van der Waals surface area contributed by atoms with Gasteiger partial charge in [-0.2, -0.15) is 23.4 Å². The van der Waals surface area contributed by atoms with Crippen LogP contribution in [0.3, 0.4) is 0 Å². The number of nitrogens with zero attached hydrogens (tertiary/aromatic N) is 4. The predicted octanol–water partition coefficient (Wildman–Crippen LogP) is 4.10. The van der Waals surface area contributed by atoms with Gasteiger partial charge in [0.2, 0.25) is 11.7 Å². The van der Waals surface area contributed by atoms with E-state index >= 15 is 0 Å². The summed E-state index contributed by atoms with van der Waals surface area (Å²) in [7, 11) is 0. The summed E-state index contributed by atoms with van der Waals surface area (Å²) < 4.78 is 53.3. The Kier molecular flexibility index (Phi) is 5.68. The largest absolute Gasteiger partial charge is 0.489 e. The maximum Gasteiger partial charge on any atom is 0.471 e. The second-order valence-electron chi connectivity index (χ2n) is 6.05. The molecule has 10 heteroatoms. The predicted molar refractivity (Wildman–Crippen MR) is 94.2 cm³/mol. The van der Waals surface area contributed by atoms with Gasteiger partial charge in [0.05, 0.1) is 5.56 Å². The molecular formula is C19H15F3N4O3. The average molecular weight is 404 g/mol. The van der Waals surface area contributed by atoms with Crippen molar-refractivity contribution >= 4 is 0 Å². The van der Waals surface area contributed by atoms with Crippen LogP contribution in [0, 0.1) is 25.2 Å². The normalized spacial score (nSPS) is 11.2. The van der Waals surface area contributed by atoms with Gasteiger partial charge < -0.3 is 14.0 Å². The molecule has 29 heavy (non-hydrogen) atoms. The Hall–Kier alpha value is -3.61. The van der Waals surface area contributed by atoms with Crippen LogP contribution in [-0.2, 0) is 6.18 Å². The lowest BCUT2D eigenvalue weighted by Gasteiger charge is -2.13. The Morgan fingerprint density at radius 3 is 2.34 bits per heavy atom. The molecule has 0 aliphatic carbocycles. The molecule has 0 radical (unpaired) electrons. The number of ether oxygens (including phenoxy) is 2. The van der Waals surface area contributed by atoms with Crippen LogP contribution in [0.25, 0.3) is 11.4 Å². The first kappa shape index (κ1) is 20.1. The quantitative estimate of drug-likeness (QED) is 0.571. The molecule has 0 saturated heterocycles. The molecule has 150 valence electrons. The van der Waals surface area contributed by atoms with Gasteiger partial charge in [-0.15, -0.1) is 0 Å². The average Bonchev–Trinajstić information content (AvgIpc) is 3.18. The van der Waals surface area contributed by atoms with E-state index in [0.717, 1.165) is 0 Å². The molecule has 0 spiro atoms. The van der Waals surface area contributed by atoms with Crippen molar-refractivity contribution in [2.75, 3.05) is 13.2 Å². The Morgan fingerprint density at radius 1 is 1.10 bits per heavy atom. The minimum atomic E-state index is -4.69. The summed E-state index contributed by atoms with van der Waals surface area (Å²) >= 11 is 0. The highest BCUT2D eigenvalue weighted by Crippen LogP contribution is 2.32. The van der Waals surface area contributed by atoms with Crippen molar-refractivity contribution in [3.63, 3.8) is 0 Å². The molecule has 3 rings (SSSR count). The second-order valence-corrected chi connectivity index (χ2v) is 6.05. The Morgan fingerprint density at radius 2 is 1.79 bits per heavy atom. The number of benzene rings is 1. The van der Waals surface area contributed by atoms with E-state index in [1.54, 1.807) is 38.1 Å². The zero-order chi connectivity index (χ0) is 21.0. The van der Waals surface area contributed by atoms with Crippen molar-refractivity contribution in [2.45, 2.75) is 20.0 Å². The molecule has 0 amide bonds. The number of hydrogen-bond donors (Lipinski definition) is 0. The number of alkyl halides is 3. The van der Waals surface area contributed by atoms with Gasteiger partial charge in [-0.3, -0.25) is 0 Å². The van der Waals surface area contributed by atoms with E-state index in [9.17, 15) is 13.2 Å². The second kappa shape index (κ2) is 8.18. The van der Waals surface area contributed by atoms with Gasteiger partial charge in [0.15, 0.2) is 0 Å². The molecule has 0 fully saturated rings. The lowest BCUT2D eigenvalue weighted by Crippen LogP contribution is -2.11. The van der Waals surface area contributed by atoms with Crippen molar-refractivity contribution in [2.24, 2.45) is 0 Å². The van der Waals surface area contributed by atoms with Gasteiger partial charge in [-0.1, -0.05) is 5.16 Å². The maximum absolute atomic E-state index is 12.6. The third-order valence-corrected chi connectivity index (χ3v) is 3.83. The lowest BCUT2D eigenvalue weighted by atomic mass is 10.1. The molecule has 7 nitrogen and oxygen atoms in total. The highest BCUT2D eigenvalue weighted by molar-refractivity contribution is 5.61. The van der Waals surface area contributed by atoms with Crippen molar-refractivity contribution in [1.29, 1.82) is 5.26 Å². The highest BCUT2D eigenvalue weighted by Gasteiger charge is 2.38. The first-order valence-corrected chi connectivity index (χ1v) is 8.42. The van der Waals surface area contributed by atoms with Gasteiger partial charge in [-0.05, 0) is 43.2 Å². The summed E-state index contributed by atoms with van der Waals surface area (Å²) in [6.07, 6.45) is -3.28. The fourth-order valence-corrected chi connectivity index (χ4v) is 2.58. The number of pyridine rings is 1. The van der Waals surface area contributed by atoms with E-state index in [4.69, 9.17) is 14.7 Å². The summed E-state index contributed by atoms with van der Waals surface area (Å²) in [4.78, 5) is 7.38. The lowest BCUT2D eigenvalue weighted by molar-refractivity contribution is -0.159. The molecule has 0 aliphatic heterocycles. The van der Waals surface area contributed by atoms with Crippen molar-refractivity contribution in [1.82, 2.24) is 15.1 Å². The standard InChI is InChI=1S/C19H15F3N4O3/c1-11-7-14(17-25-18(29-26-17)19(20,21)22)8-12(2)16(11)28-6-5-27-15-4-3-13(9-23)10-24-15/h3-4,7-8,10H,5-6H2,1-2H3. The highest BCUT2D eigenvalue weighted by atomic mass is 19.4. The monoisotopic (exact) mass is 404 g/mol. The topological polar surface area (TPSA) is 94.1 Å². The summed E-state index contributed by atoms with van der Waals surface area (Å²) in [5.41, 5.74) is 2.23. The van der Waals surface area contributed by atoms with Crippen LogP contribution in [0.5, 0.6) is 11.6 Å². The van der Waals surface area contributed by atoms with Crippen LogP contribution in [0.2, 0.25) is 0 Å². The molecule has 3 aromatic rings. The summed E-state index contributed by atoms with van der Waals surface area (Å²) in [6.45, 7) is 3.97. The van der Waals surface area contributed by atoms with Gasteiger partial charge in [0.25, 0.3) is 0 Å². The molecule has 0 saturated carbocycles. The Balaban J connectivity index is 1.63. The smallest absolute Gasteiger partial charge is 0.471 e. The zero-order valence-electron chi connectivity index (χ0n) is 15.4. The number of nitriles is 1. The molecule has 0 N–H and O–H groups in total. The maximum atomic E-state index is 12.6. The van der Waals surface area contributed by atoms with Gasteiger partial charge in [-0.25, -0.2) is 4.98 Å². The van der Waals surface area contributed by atoms with Crippen molar-refractivity contribution in [3.05, 3.63) is 53.0 Å². The number of halogens is 3. The first-order chi connectivity index (χ1) is 13.8. The fraction of sp³-hybridized carbons (Fsp3) is 0.263. The van der Waals surface area contributed by atoms with Crippen LogP contribution in [0.15, 0.2) is 35.0 Å². The van der Waals surface area contributed by atoms with Crippen molar-refractivity contribution in [3.8, 4) is 29.1 Å². The SMILES string of the molecule is Cc1cc(-c2noc(C(F)(F)F)n2)cc(C)c1OCCOc1ccc(C#N)cn1. The van der Waals surface area contributed by atoms with E-state index in [1.165, 1.54) is 6.20 Å². The van der Waals surface area contributed by atoms with E-state index in [0.29, 0.717) is 33.9 Å². The molecule has 2 heterocycles. The van der Waals surface area contributed by atoms with Crippen LogP contribution in [0.4, 0.5) is 13.2 Å². The number of aromatic nitrogens is 3. The molecule has 0 aliphatic rings. The molecule has 0 bridgehead atoms. The van der Waals surface area contributed by atoms with Gasteiger partial charge >= 0.3 is 12.1 Å². The van der Waals surface area contributed by atoms with E-state index in [1.807, 2.05) is 6.07 Å². The van der Waals surface area contributed by atoms with Crippen LogP contribution >= 0.6 is 0 Å². The zero-order valence-corrected chi connectivity index (χ0v) is 15.4. The van der Waals surface area contributed by atoms with Crippen LogP contribution in [-0.4, -0.2) is 28.3 Å². The molecule has 0 atom stereocenters. The Labute approximate surface area is 163 Å². The van der Waals surface area contributed by atoms with E-state index < -0.39 is 12.1 Å². The number of aryl methyl sites for hydroxylation is 2. The molecule has 1 aromatic carbocycles. The minimum absolute atomic E-state index is 0.148. The van der Waals surface area contributed by atoms with E-state index in [-0.39, 0.29) is 19.0 Å². The van der Waals surface area contributed by atoms with Gasteiger partial charge in [0.1, 0.15) is 25.0 Å². The summed E-state index contributed by atoms with van der Waals surface area (Å²) in [6, 6.07) is 8.39. The van der Waals surface area contributed by atoms with Gasteiger partial charge in [0, 0.05) is 17.8 Å². The van der Waals surface area contributed by atoms with Crippen LogP contribution in [0.1, 0.15) is 22.6 Å². The molecule has 0 unspecified atom stereocenters. The van der Waals surface area contributed by atoms with Crippen molar-refractivity contribution < 1.29 is 27.2 Å². The molecular weight excluding hydrogens is 389 g/mol. The summed E-state index contributed by atoms with van der Waals surface area (Å²) in [5, 5.41) is 12.1. The van der Waals surface area contributed by atoms with E-state index in [2.05, 4.69) is 19.6 Å². The number of hydrogen-bond acceptors (Lipinski definition) is 7. The first-order valence-electron chi connectivity index (χ1n) is 8.42. The minimum Gasteiger partial charge on any atom is -0.489 e.